The third-order valence-corrected chi connectivity index (χ3v) is 4.60. The molecule has 2 nitrogen and oxygen atoms in total. The van der Waals surface area contributed by atoms with E-state index in [1.54, 1.807) is 0 Å². The molecule has 0 N–H and O–H groups in total. The van der Waals surface area contributed by atoms with Crippen molar-refractivity contribution in [2.45, 2.75) is 25.7 Å². The molecule has 0 saturated carbocycles. The molecule has 0 heterocycles. The summed E-state index contributed by atoms with van der Waals surface area (Å²) in [5, 5.41) is 2.16. The van der Waals surface area contributed by atoms with Crippen LogP contribution in [-0.2, 0) is 0 Å². The first-order chi connectivity index (χ1) is 10.4. The summed E-state index contributed by atoms with van der Waals surface area (Å²) in [7, 11) is 6.62. The van der Waals surface area contributed by atoms with Crippen LogP contribution in [0.25, 0.3) is 10.8 Å². The summed E-state index contributed by atoms with van der Waals surface area (Å²) in [6.07, 6.45) is 3.92. The van der Waals surface area contributed by atoms with Crippen molar-refractivity contribution < 1.29 is 26.3 Å². The number of hydrogen-bond donors (Lipinski definition) is 0. The molecule has 0 fully saturated rings. The van der Waals surface area contributed by atoms with E-state index in [2.05, 4.69) is 43.1 Å². The van der Waals surface area contributed by atoms with Crippen molar-refractivity contribution in [3.8, 4) is 0 Å². The average Bonchev–Trinajstić information content (AvgIpc) is 2.46. The number of carbonyl (C=O) groups is 1. The van der Waals surface area contributed by atoms with Crippen LogP contribution in [-0.4, -0.2) is 38.0 Å². The maximum Gasteiger partial charge on any atom is 0.163 e. The number of fused-ring (bicyclic) bond motifs is 1. The van der Waals surface area contributed by atoms with Crippen molar-refractivity contribution in [1.82, 2.24) is 0 Å². The predicted molar refractivity (Wildman–Crippen MR) is 97.3 cm³/mol. The molecule has 0 aliphatic carbocycles. The molecular formula is C19H25Br2NO. The molecule has 0 atom stereocenters. The smallest absolute Gasteiger partial charge is 0.163 e. The highest BCUT2D eigenvalue weighted by atomic mass is 79.9. The molecule has 23 heavy (non-hydrogen) atoms. The number of carbonyl (C=O) groups excluding carboxylic acids is 1. The monoisotopic (exact) mass is 441 g/mol. The minimum absolute atomic E-state index is 0. The van der Waals surface area contributed by atoms with E-state index in [4.69, 9.17) is 0 Å². The third kappa shape index (κ3) is 6.02. The fraction of sp³-hybridized carbons (Fsp3) is 0.421. The Morgan fingerprint density at radius 2 is 1.61 bits per heavy atom. The highest BCUT2D eigenvalue weighted by Gasteiger charge is 2.12. The highest BCUT2D eigenvalue weighted by molar-refractivity contribution is 9.10. The molecule has 0 aliphatic rings. The topological polar surface area (TPSA) is 17.1 Å². The van der Waals surface area contributed by atoms with Crippen molar-refractivity contribution in [2.75, 3.05) is 27.7 Å². The number of Topliss-reactive ketones (excluding diaryl/α,β-unsaturated/α-hetero) is 1. The predicted octanol–water partition coefficient (Wildman–Crippen LogP) is 2.06. The Morgan fingerprint density at radius 3 is 2.26 bits per heavy atom. The number of ketones is 1. The van der Waals surface area contributed by atoms with Gasteiger partial charge in [0.2, 0.25) is 0 Å². The Balaban J connectivity index is 0.00000264. The van der Waals surface area contributed by atoms with Gasteiger partial charge in [0.15, 0.2) is 5.78 Å². The van der Waals surface area contributed by atoms with E-state index in [1.807, 2.05) is 30.3 Å². The van der Waals surface area contributed by atoms with Crippen LogP contribution in [0.3, 0.4) is 0 Å². The standard InChI is InChI=1S/C19H25BrNO.BrH/c1-21(2,3)14-8-4-5-11-19(22)17-12-13-18(20)16-10-7-6-9-15(16)17;/h6-7,9-10,12-13H,4-5,8,11,14H2,1-3H3;1H/q+1;/p-1. The number of nitrogens with zero attached hydrogens (tertiary/aromatic N) is 1. The summed E-state index contributed by atoms with van der Waals surface area (Å²) in [6, 6.07) is 12.0. The third-order valence-electron chi connectivity index (χ3n) is 3.90. The molecule has 4 heteroatoms. The van der Waals surface area contributed by atoms with Crippen molar-refractivity contribution in [2.24, 2.45) is 0 Å². The summed E-state index contributed by atoms with van der Waals surface area (Å²) in [5.74, 6) is 0.258. The van der Waals surface area contributed by atoms with Crippen LogP contribution in [0.15, 0.2) is 40.9 Å². The van der Waals surface area contributed by atoms with Crippen molar-refractivity contribution in [3.63, 3.8) is 0 Å². The molecule has 126 valence electrons. The van der Waals surface area contributed by atoms with Crippen molar-refractivity contribution >= 4 is 32.5 Å². The maximum absolute atomic E-state index is 12.5. The molecular weight excluding hydrogens is 418 g/mol. The first-order valence-corrected chi connectivity index (χ1v) is 8.69. The van der Waals surface area contributed by atoms with Gasteiger partial charge in [0.1, 0.15) is 0 Å². The minimum Gasteiger partial charge on any atom is -1.00 e. The van der Waals surface area contributed by atoms with Crippen LogP contribution < -0.4 is 17.0 Å². The summed E-state index contributed by atoms with van der Waals surface area (Å²) >= 11 is 3.56. The summed E-state index contributed by atoms with van der Waals surface area (Å²) in [6.45, 7) is 1.16. The maximum atomic E-state index is 12.5. The number of hydrogen-bond acceptors (Lipinski definition) is 1. The van der Waals surface area contributed by atoms with Gasteiger partial charge in [-0.3, -0.25) is 4.79 Å². The lowest BCUT2D eigenvalue weighted by molar-refractivity contribution is -0.870. The van der Waals surface area contributed by atoms with Crippen LogP contribution in [0.5, 0.6) is 0 Å². The normalized spacial score (nSPS) is 11.3. The van der Waals surface area contributed by atoms with E-state index in [-0.39, 0.29) is 22.8 Å². The van der Waals surface area contributed by atoms with Gasteiger partial charge in [-0.1, -0.05) is 40.2 Å². The molecule has 2 rings (SSSR count). The van der Waals surface area contributed by atoms with Gasteiger partial charge >= 0.3 is 0 Å². The lowest BCUT2D eigenvalue weighted by atomic mass is 9.98. The molecule has 0 bridgehead atoms. The van der Waals surface area contributed by atoms with E-state index in [0.29, 0.717) is 6.42 Å². The van der Waals surface area contributed by atoms with Gasteiger partial charge in [0.25, 0.3) is 0 Å². The zero-order valence-electron chi connectivity index (χ0n) is 14.1. The van der Waals surface area contributed by atoms with Crippen LogP contribution >= 0.6 is 15.9 Å². The zero-order valence-corrected chi connectivity index (χ0v) is 17.3. The molecule has 0 amide bonds. The minimum atomic E-state index is 0. The van der Waals surface area contributed by atoms with E-state index >= 15 is 0 Å². The molecule has 0 aromatic heterocycles. The molecule has 0 radical (unpaired) electrons. The van der Waals surface area contributed by atoms with Crippen LogP contribution in [0.1, 0.15) is 36.0 Å². The molecule has 0 saturated heterocycles. The zero-order chi connectivity index (χ0) is 16.2. The van der Waals surface area contributed by atoms with Gasteiger partial charge < -0.3 is 21.5 Å². The van der Waals surface area contributed by atoms with Crippen LogP contribution in [0.4, 0.5) is 0 Å². The van der Waals surface area contributed by atoms with Gasteiger partial charge in [-0.2, -0.15) is 0 Å². The number of halogens is 2. The number of quaternary nitrogens is 1. The Hall–Kier alpha value is -0.710. The van der Waals surface area contributed by atoms with E-state index in [0.717, 1.165) is 44.7 Å². The number of rotatable bonds is 7. The van der Waals surface area contributed by atoms with Gasteiger partial charge in [-0.15, -0.1) is 0 Å². The lowest BCUT2D eigenvalue weighted by Crippen LogP contribution is -3.00. The van der Waals surface area contributed by atoms with Crippen LogP contribution in [0.2, 0.25) is 0 Å². The first kappa shape index (κ1) is 20.3. The van der Waals surface area contributed by atoms with E-state index in [1.165, 1.54) is 6.42 Å². The molecule has 2 aromatic carbocycles. The molecule has 0 spiro atoms. The average molecular weight is 443 g/mol. The van der Waals surface area contributed by atoms with Gasteiger partial charge in [0.05, 0.1) is 27.7 Å². The SMILES string of the molecule is C[N+](C)(C)CCCCCC(=O)c1ccc(Br)c2ccccc12.[Br-]. The number of unbranched alkanes of at least 4 members (excludes halogenated alkanes) is 2. The van der Waals surface area contributed by atoms with Crippen LogP contribution in [0, 0.1) is 0 Å². The summed E-state index contributed by atoms with van der Waals surface area (Å²) in [4.78, 5) is 12.5. The number of benzene rings is 2. The van der Waals surface area contributed by atoms with Crippen molar-refractivity contribution in [1.29, 1.82) is 0 Å². The van der Waals surface area contributed by atoms with E-state index in [9.17, 15) is 4.79 Å². The largest absolute Gasteiger partial charge is 1.00 e. The second kappa shape index (κ2) is 8.95. The summed E-state index contributed by atoms with van der Waals surface area (Å²) < 4.78 is 2.04. The second-order valence-electron chi connectivity index (χ2n) is 6.89. The fourth-order valence-electron chi connectivity index (χ4n) is 2.69. The van der Waals surface area contributed by atoms with E-state index < -0.39 is 0 Å². The first-order valence-electron chi connectivity index (χ1n) is 7.89. The lowest BCUT2D eigenvalue weighted by Gasteiger charge is -2.23. The highest BCUT2D eigenvalue weighted by Crippen LogP contribution is 2.27. The van der Waals surface area contributed by atoms with Gasteiger partial charge in [0, 0.05) is 16.5 Å². The molecule has 0 unspecified atom stereocenters. The second-order valence-corrected chi connectivity index (χ2v) is 7.74. The molecule has 0 aliphatic heterocycles. The van der Waals surface area contributed by atoms with Gasteiger partial charge in [-0.05, 0) is 42.2 Å². The Morgan fingerprint density at radius 1 is 0.957 bits per heavy atom. The molecule has 2 aromatic rings. The van der Waals surface area contributed by atoms with Crippen molar-refractivity contribution in [3.05, 3.63) is 46.4 Å². The Kier molecular flexibility index (Phi) is 7.91. The fourth-order valence-corrected chi connectivity index (χ4v) is 3.17. The van der Waals surface area contributed by atoms with Gasteiger partial charge in [-0.25, -0.2) is 0 Å². The quantitative estimate of drug-likeness (QED) is 0.364. The Bertz CT molecular complexity index is 662. The summed E-state index contributed by atoms with van der Waals surface area (Å²) in [5.41, 5.74) is 0.852. The Labute approximate surface area is 158 Å².